The Morgan fingerprint density at radius 3 is 2.35 bits per heavy atom. The number of carbonyl (C=O) groups is 2. The third-order valence-corrected chi connectivity index (χ3v) is 8.31. The molecule has 0 radical (unpaired) electrons. The molecule has 0 spiro atoms. The molecule has 12 heteroatoms. The second-order valence-electron chi connectivity index (χ2n) is 11.7. The number of benzene rings is 1. The fraction of sp³-hybridized carbons (Fsp3) is 0.571. The number of halogens is 3. The Balaban J connectivity index is 1.21. The van der Waals surface area contributed by atoms with Gasteiger partial charge in [-0.1, -0.05) is 0 Å². The van der Waals surface area contributed by atoms with Crippen LogP contribution in [-0.2, 0) is 11.0 Å². The summed E-state index contributed by atoms with van der Waals surface area (Å²) in [6.45, 7) is 3.89. The maximum Gasteiger partial charge on any atom is 0.421 e. The zero-order valence-electron chi connectivity index (χ0n) is 23.0. The number of alkyl halides is 3. The molecule has 3 aliphatic rings. The first-order valence-corrected chi connectivity index (χ1v) is 13.8. The topological polar surface area (TPSA) is 102 Å². The molecule has 5 rings (SSSR count). The molecule has 1 aliphatic heterocycles. The van der Waals surface area contributed by atoms with Gasteiger partial charge >= 0.3 is 6.18 Å². The second-order valence-corrected chi connectivity index (χ2v) is 11.7. The van der Waals surface area contributed by atoms with E-state index in [-0.39, 0.29) is 47.1 Å². The van der Waals surface area contributed by atoms with E-state index in [1.54, 1.807) is 29.2 Å². The summed E-state index contributed by atoms with van der Waals surface area (Å²) in [6, 6.07) is 6.62. The van der Waals surface area contributed by atoms with Crippen LogP contribution >= 0.6 is 0 Å². The van der Waals surface area contributed by atoms with Crippen molar-refractivity contribution in [1.29, 1.82) is 0 Å². The minimum atomic E-state index is -4.64. The Morgan fingerprint density at radius 2 is 1.75 bits per heavy atom. The van der Waals surface area contributed by atoms with E-state index in [0.717, 1.165) is 45.0 Å². The van der Waals surface area contributed by atoms with Gasteiger partial charge in [-0.05, 0) is 89.9 Å². The van der Waals surface area contributed by atoms with Crippen LogP contribution in [0.4, 0.5) is 30.6 Å². The molecule has 2 aromatic rings. The molecule has 2 aliphatic carbocycles. The van der Waals surface area contributed by atoms with Crippen molar-refractivity contribution >= 4 is 29.3 Å². The van der Waals surface area contributed by atoms with E-state index in [1.807, 2.05) is 14.0 Å². The number of aromatic nitrogens is 2. The van der Waals surface area contributed by atoms with E-state index in [1.165, 1.54) is 0 Å². The summed E-state index contributed by atoms with van der Waals surface area (Å²) in [4.78, 5) is 37.4. The number of rotatable bonds is 8. The van der Waals surface area contributed by atoms with Crippen LogP contribution in [0.3, 0.4) is 0 Å². The first kappa shape index (κ1) is 28.1. The van der Waals surface area contributed by atoms with Crippen LogP contribution in [0.5, 0.6) is 0 Å². The maximum atomic E-state index is 13.7. The van der Waals surface area contributed by atoms with E-state index < -0.39 is 11.7 Å². The van der Waals surface area contributed by atoms with Crippen LogP contribution in [0.2, 0.25) is 0 Å². The molecule has 3 fully saturated rings. The molecule has 1 aromatic carbocycles. The van der Waals surface area contributed by atoms with Crippen molar-refractivity contribution in [2.75, 3.05) is 37.8 Å². The zero-order valence-corrected chi connectivity index (χ0v) is 23.0. The Morgan fingerprint density at radius 1 is 1.10 bits per heavy atom. The maximum absolute atomic E-state index is 13.7. The van der Waals surface area contributed by atoms with E-state index >= 15 is 0 Å². The number of nitrogens with one attached hydrogen (secondary N) is 3. The van der Waals surface area contributed by atoms with Gasteiger partial charge < -0.3 is 25.8 Å². The van der Waals surface area contributed by atoms with E-state index in [0.29, 0.717) is 24.1 Å². The second kappa shape index (κ2) is 10.9. The molecule has 1 aromatic heterocycles. The summed E-state index contributed by atoms with van der Waals surface area (Å²) in [5.74, 6) is -0.665. The van der Waals surface area contributed by atoms with Crippen LogP contribution in [0, 0.1) is 5.92 Å². The van der Waals surface area contributed by atoms with Crippen molar-refractivity contribution < 1.29 is 22.8 Å². The molecule has 0 bridgehead atoms. The van der Waals surface area contributed by atoms with Gasteiger partial charge in [0.1, 0.15) is 11.4 Å². The molecule has 0 atom stereocenters. The Hall–Kier alpha value is -3.41. The monoisotopic (exact) mass is 559 g/mol. The lowest BCUT2D eigenvalue weighted by Gasteiger charge is -2.36. The van der Waals surface area contributed by atoms with Crippen LogP contribution in [0.1, 0.15) is 61.4 Å². The van der Waals surface area contributed by atoms with Gasteiger partial charge in [-0.25, -0.2) is 4.98 Å². The molecular formula is C28H36F3N7O2. The fourth-order valence-corrected chi connectivity index (χ4v) is 5.19. The quantitative estimate of drug-likeness (QED) is 0.444. The van der Waals surface area contributed by atoms with Gasteiger partial charge in [0.15, 0.2) is 0 Å². The Labute approximate surface area is 231 Å². The van der Waals surface area contributed by atoms with Crippen LogP contribution < -0.4 is 16.0 Å². The van der Waals surface area contributed by atoms with Crippen LogP contribution in [0.25, 0.3) is 0 Å². The minimum Gasteiger partial charge on any atom is -0.367 e. The molecule has 1 saturated heterocycles. The highest BCUT2D eigenvalue weighted by Gasteiger charge is 2.43. The predicted molar refractivity (Wildman–Crippen MR) is 145 cm³/mol. The van der Waals surface area contributed by atoms with Crippen molar-refractivity contribution in [2.24, 2.45) is 5.92 Å². The summed E-state index contributed by atoms with van der Waals surface area (Å²) in [6.07, 6.45) is 0.747. The van der Waals surface area contributed by atoms with E-state index in [4.69, 9.17) is 0 Å². The van der Waals surface area contributed by atoms with E-state index in [2.05, 4.69) is 37.9 Å². The third kappa shape index (κ3) is 6.48. The molecule has 0 unspecified atom stereocenters. The Kier molecular flexibility index (Phi) is 7.64. The fourth-order valence-electron chi connectivity index (χ4n) is 5.19. The van der Waals surface area contributed by atoms with Gasteiger partial charge in [0.25, 0.3) is 5.91 Å². The molecule has 2 amide bonds. The third-order valence-electron chi connectivity index (χ3n) is 8.31. The number of hydrogen-bond acceptors (Lipinski definition) is 7. The van der Waals surface area contributed by atoms with Gasteiger partial charge in [0.2, 0.25) is 11.9 Å². The van der Waals surface area contributed by atoms with Crippen molar-refractivity contribution in [3.8, 4) is 0 Å². The molecule has 2 heterocycles. The minimum absolute atomic E-state index is 0.00621. The number of carbonyl (C=O) groups excluding carboxylic acids is 2. The van der Waals surface area contributed by atoms with E-state index in [9.17, 15) is 22.8 Å². The predicted octanol–water partition coefficient (Wildman–Crippen LogP) is 4.26. The number of hydrogen-bond donors (Lipinski definition) is 3. The number of nitrogens with zero attached hydrogens (tertiary/aromatic N) is 4. The van der Waals surface area contributed by atoms with Crippen molar-refractivity contribution in [1.82, 2.24) is 25.1 Å². The van der Waals surface area contributed by atoms with Crippen molar-refractivity contribution in [3.05, 3.63) is 41.6 Å². The summed E-state index contributed by atoms with van der Waals surface area (Å²) in [7, 11) is 3.89. The number of anilines is 3. The zero-order chi connectivity index (χ0) is 28.7. The lowest BCUT2D eigenvalue weighted by atomic mass is 9.79. The van der Waals surface area contributed by atoms with Crippen LogP contribution in [0.15, 0.2) is 30.5 Å². The van der Waals surface area contributed by atoms with Gasteiger partial charge in [-0.3, -0.25) is 9.59 Å². The molecule has 3 N–H and O–H groups in total. The normalized spacial score (nSPS) is 22.6. The molecule has 40 heavy (non-hydrogen) atoms. The lowest BCUT2D eigenvalue weighted by Crippen LogP contribution is -2.47. The Bertz CT molecular complexity index is 1240. The van der Waals surface area contributed by atoms with Gasteiger partial charge in [0.05, 0.1) is 0 Å². The SMILES string of the molecule is CN1CCC(N(C)C(=O)c2ccc(Nc3ncc(C(F)(F)F)c(NC4CC(C(=O)NC5(C)CC5)C4)n3)cc2)CC1. The summed E-state index contributed by atoms with van der Waals surface area (Å²) >= 11 is 0. The number of amides is 2. The summed E-state index contributed by atoms with van der Waals surface area (Å²) in [5, 5.41) is 8.82. The number of piperidine rings is 1. The van der Waals surface area contributed by atoms with Crippen molar-refractivity contribution in [2.45, 2.75) is 69.2 Å². The molecule has 216 valence electrons. The average Bonchev–Trinajstić information content (AvgIpc) is 3.61. The standard InChI is InChI=1S/C28H36F3N7O2/c1-27(10-11-27)36-24(39)18-14-20(15-18)33-23-22(28(29,30)31)16-32-26(35-23)34-19-6-4-17(5-7-19)25(40)38(3)21-8-12-37(2)13-9-21/h4-7,16,18,20-21H,8-15H2,1-3H3,(H,36,39)(H2,32,33,34,35). The summed E-state index contributed by atoms with van der Waals surface area (Å²) < 4.78 is 41.0. The first-order valence-electron chi connectivity index (χ1n) is 13.8. The highest BCUT2D eigenvalue weighted by Crippen LogP contribution is 2.39. The highest BCUT2D eigenvalue weighted by molar-refractivity contribution is 5.94. The number of likely N-dealkylation sites (tertiary alicyclic amines) is 1. The highest BCUT2D eigenvalue weighted by atomic mass is 19.4. The van der Waals surface area contributed by atoms with Crippen molar-refractivity contribution in [3.63, 3.8) is 0 Å². The lowest BCUT2D eigenvalue weighted by molar-refractivity contribution is -0.137. The first-order chi connectivity index (χ1) is 18.9. The van der Waals surface area contributed by atoms with Gasteiger partial charge in [0, 0.05) is 48.0 Å². The largest absolute Gasteiger partial charge is 0.421 e. The van der Waals surface area contributed by atoms with Crippen LogP contribution in [-0.4, -0.2) is 76.4 Å². The molecular weight excluding hydrogens is 523 g/mol. The molecule has 2 saturated carbocycles. The average molecular weight is 560 g/mol. The molecule has 9 nitrogen and oxygen atoms in total. The van der Waals surface area contributed by atoms with Gasteiger partial charge in [-0.15, -0.1) is 0 Å². The summed E-state index contributed by atoms with van der Waals surface area (Å²) in [5.41, 5.74) is -0.0187. The smallest absolute Gasteiger partial charge is 0.367 e. The van der Waals surface area contributed by atoms with Gasteiger partial charge in [-0.2, -0.15) is 18.2 Å².